The minimum absolute atomic E-state index is 0.00671. The molecule has 6 heteroatoms. The molecule has 1 aromatic rings. The summed E-state index contributed by atoms with van der Waals surface area (Å²) in [5.74, 6) is 0. The van der Waals surface area contributed by atoms with E-state index < -0.39 is 18.8 Å². The van der Waals surface area contributed by atoms with Gasteiger partial charge < -0.3 is 10.2 Å². The summed E-state index contributed by atoms with van der Waals surface area (Å²) in [4.78, 5) is 13.0. The van der Waals surface area contributed by atoms with E-state index in [-0.39, 0.29) is 12.6 Å². The van der Waals surface area contributed by atoms with Gasteiger partial charge in [-0.05, 0) is 18.4 Å². The molecule has 0 spiro atoms. The lowest BCUT2D eigenvalue weighted by molar-refractivity contribution is -0.141. The van der Waals surface area contributed by atoms with Crippen molar-refractivity contribution in [3.05, 3.63) is 35.9 Å². The molecular formula is C16H21F3N2O. The molecule has 0 bridgehead atoms. The van der Waals surface area contributed by atoms with Crippen molar-refractivity contribution in [2.75, 3.05) is 6.54 Å². The molecule has 1 aliphatic rings. The lowest BCUT2D eigenvalue weighted by atomic mass is 9.96. The fourth-order valence-electron chi connectivity index (χ4n) is 2.73. The molecule has 0 atom stereocenters. The fourth-order valence-corrected chi connectivity index (χ4v) is 2.73. The zero-order valence-corrected chi connectivity index (χ0v) is 12.4. The molecule has 2 rings (SSSR count). The summed E-state index contributed by atoms with van der Waals surface area (Å²) in [7, 11) is 0. The summed E-state index contributed by atoms with van der Waals surface area (Å²) in [6.45, 7) is -1.28. The molecular weight excluding hydrogens is 293 g/mol. The fraction of sp³-hybridized carbons (Fsp3) is 0.562. The van der Waals surface area contributed by atoms with Crippen LogP contribution in [0.5, 0.6) is 0 Å². The van der Waals surface area contributed by atoms with Gasteiger partial charge in [0.1, 0.15) is 6.54 Å². The highest BCUT2D eigenvalue weighted by Gasteiger charge is 2.33. The van der Waals surface area contributed by atoms with Crippen LogP contribution < -0.4 is 5.32 Å². The van der Waals surface area contributed by atoms with E-state index in [2.05, 4.69) is 5.32 Å². The van der Waals surface area contributed by atoms with Crippen molar-refractivity contribution in [1.82, 2.24) is 10.2 Å². The summed E-state index contributed by atoms with van der Waals surface area (Å²) >= 11 is 0. The van der Waals surface area contributed by atoms with Gasteiger partial charge in [-0.25, -0.2) is 4.79 Å². The number of rotatable bonds is 4. The van der Waals surface area contributed by atoms with Gasteiger partial charge >= 0.3 is 12.2 Å². The van der Waals surface area contributed by atoms with E-state index in [1.807, 2.05) is 0 Å². The number of carbonyl (C=O) groups excluding carboxylic acids is 1. The van der Waals surface area contributed by atoms with E-state index in [4.69, 9.17) is 0 Å². The maximum atomic E-state index is 12.7. The Labute approximate surface area is 128 Å². The molecule has 1 aromatic carbocycles. The first-order valence-corrected chi connectivity index (χ1v) is 7.60. The Morgan fingerprint density at radius 3 is 2.36 bits per heavy atom. The SMILES string of the molecule is O=C(NC1CCCCC1)N(Cc1ccccc1)CC(F)(F)F. The third kappa shape index (κ3) is 5.58. The van der Waals surface area contributed by atoms with E-state index in [1.54, 1.807) is 30.3 Å². The van der Waals surface area contributed by atoms with Crippen LogP contribution in [0.1, 0.15) is 37.7 Å². The van der Waals surface area contributed by atoms with Crippen LogP contribution in [-0.4, -0.2) is 29.7 Å². The van der Waals surface area contributed by atoms with E-state index in [9.17, 15) is 18.0 Å². The second kappa shape index (κ2) is 7.51. The monoisotopic (exact) mass is 314 g/mol. The van der Waals surface area contributed by atoms with Crippen molar-refractivity contribution >= 4 is 6.03 Å². The van der Waals surface area contributed by atoms with Gasteiger partial charge in [0.2, 0.25) is 0 Å². The molecule has 1 saturated carbocycles. The number of benzene rings is 1. The molecule has 3 nitrogen and oxygen atoms in total. The largest absolute Gasteiger partial charge is 0.406 e. The van der Waals surface area contributed by atoms with Crippen LogP contribution in [0.4, 0.5) is 18.0 Å². The second-order valence-electron chi connectivity index (χ2n) is 5.74. The van der Waals surface area contributed by atoms with Gasteiger partial charge in [-0.2, -0.15) is 13.2 Å². The maximum absolute atomic E-state index is 12.7. The van der Waals surface area contributed by atoms with Gasteiger partial charge in [0.15, 0.2) is 0 Å². The first-order chi connectivity index (χ1) is 10.4. The first kappa shape index (κ1) is 16.6. The summed E-state index contributed by atoms with van der Waals surface area (Å²) in [5.41, 5.74) is 0.686. The van der Waals surface area contributed by atoms with Crippen molar-refractivity contribution in [1.29, 1.82) is 0 Å². The molecule has 0 aromatic heterocycles. The minimum Gasteiger partial charge on any atom is -0.335 e. The van der Waals surface area contributed by atoms with E-state index in [0.29, 0.717) is 5.56 Å². The van der Waals surface area contributed by atoms with Gasteiger partial charge in [-0.15, -0.1) is 0 Å². The van der Waals surface area contributed by atoms with Gasteiger partial charge in [0.25, 0.3) is 0 Å². The third-order valence-electron chi connectivity index (χ3n) is 3.81. The highest BCUT2D eigenvalue weighted by atomic mass is 19.4. The van der Waals surface area contributed by atoms with Crippen molar-refractivity contribution in [2.45, 2.75) is 50.9 Å². The van der Waals surface area contributed by atoms with Crippen molar-refractivity contribution in [2.24, 2.45) is 0 Å². The molecule has 122 valence electrons. The molecule has 0 radical (unpaired) electrons. The van der Waals surface area contributed by atoms with Gasteiger partial charge in [-0.1, -0.05) is 49.6 Å². The van der Waals surface area contributed by atoms with Crippen LogP contribution in [0, 0.1) is 0 Å². The number of amides is 2. The molecule has 22 heavy (non-hydrogen) atoms. The van der Waals surface area contributed by atoms with Crippen LogP contribution in [0.2, 0.25) is 0 Å². The minimum atomic E-state index is -4.40. The van der Waals surface area contributed by atoms with Crippen LogP contribution in [0.15, 0.2) is 30.3 Å². The van der Waals surface area contributed by atoms with Crippen molar-refractivity contribution < 1.29 is 18.0 Å². The zero-order chi connectivity index (χ0) is 16.0. The van der Waals surface area contributed by atoms with E-state index >= 15 is 0 Å². The number of hydrogen-bond donors (Lipinski definition) is 1. The van der Waals surface area contributed by atoms with E-state index in [0.717, 1.165) is 37.0 Å². The molecule has 1 fully saturated rings. The molecule has 0 heterocycles. The lowest BCUT2D eigenvalue weighted by Gasteiger charge is -2.29. The van der Waals surface area contributed by atoms with Crippen LogP contribution >= 0.6 is 0 Å². The number of alkyl halides is 3. The van der Waals surface area contributed by atoms with Crippen LogP contribution in [-0.2, 0) is 6.54 Å². The molecule has 0 unspecified atom stereocenters. The summed E-state index contributed by atoms with van der Waals surface area (Å²) in [5, 5.41) is 2.75. The highest BCUT2D eigenvalue weighted by molar-refractivity contribution is 5.74. The number of nitrogens with zero attached hydrogens (tertiary/aromatic N) is 1. The van der Waals surface area contributed by atoms with E-state index in [1.165, 1.54) is 0 Å². The van der Waals surface area contributed by atoms with Crippen LogP contribution in [0.3, 0.4) is 0 Å². The standard InChI is InChI=1S/C16H21F3N2O/c17-16(18,19)12-21(11-13-7-3-1-4-8-13)15(22)20-14-9-5-2-6-10-14/h1,3-4,7-8,14H,2,5-6,9-12H2,(H,20,22). The highest BCUT2D eigenvalue weighted by Crippen LogP contribution is 2.20. The third-order valence-corrected chi connectivity index (χ3v) is 3.81. The van der Waals surface area contributed by atoms with Gasteiger partial charge in [0.05, 0.1) is 0 Å². The molecule has 2 amide bonds. The Hall–Kier alpha value is -1.72. The topological polar surface area (TPSA) is 32.3 Å². The maximum Gasteiger partial charge on any atom is 0.406 e. The van der Waals surface area contributed by atoms with Gasteiger partial charge in [0, 0.05) is 12.6 Å². The first-order valence-electron chi connectivity index (χ1n) is 7.60. The van der Waals surface area contributed by atoms with Crippen molar-refractivity contribution in [3.8, 4) is 0 Å². The Balaban J connectivity index is 2.00. The summed E-state index contributed by atoms with van der Waals surface area (Å²) in [6, 6.07) is 8.09. The average molecular weight is 314 g/mol. The molecule has 0 aliphatic heterocycles. The number of halogens is 3. The number of carbonyl (C=O) groups is 1. The quantitative estimate of drug-likeness (QED) is 0.892. The Morgan fingerprint density at radius 2 is 1.77 bits per heavy atom. The number of nitrogens with one attached hydrogen (secondary N) is 1. The Kier molecular flexibility index (Phi) is 5.69. The predicted octanol–water partition coefficient (Wildman–Crippen LogP) is 4.09. The second-order valence-corrected chi connectivity index (χ2v) is 5.74. The normalized spacial score (nSPS) is 16.3. The predicted molar refractivity (Wildman–Crippen MR) is 78.3 cm³/mol. The average Bonchev–Trinajstić information content (AvgIpc) is 2.47. The number of urea groups is 1. The Morgan fingerprint density at radius 1 is 1.14 bits per heavy atom. The summed E-state index contributed by atoms with van der Waals surface area (Å²) < 4.78 is 38.2. The smallest absolute Gasteiger partial charge is 0.335 e. The molecule has 0 saturated heterocycles. The summed E-state index contributed by atoms with van der Waals surface area (Å²) in [6.07, 6.45) is 0.445. The Bertz CT molecular complexity index is 470. The molecule has 1 aliphatic carbocycles. The van der Waals surface area contributed by atoms with Crippen LogP contribution in [0.25, 0.3) is 0 Å². The molecule has 1 N–H and O–H groups in total. The zero-order valence-electron chi connectivity index (χ0n) is 12.4. The number of hydrogen-bond acceptors (Lipinski definition) is 1. The lowest BCUT2D eigenvalue weighted by Crippen LogP contribution is -2.48. The van der Waals surface area contributed by atoms with Gasteiger partial charge in [-0.3, -0.25) is 0 Å². The van der Waals surface area contributed by atoms with Crippen molar-refractivity contribution in [3.63, 3.8) is 0 Å².